The molecule has 1 fully saturated rings. The van der Waals surface area contributed by atoms with Crippen molar-refractivity contribution in [2.75, 3.05) is 25.5 Å². The summed E-state index contributed by atoms with van der Waals surface area (Å²) in [5, 5.41) is 24.1. The Bertz CT molecular complexity index is 500. The molecule has 2 atom stereocenters. The second-order valence-corrected chi connectivity index (χ2v) is 5.70. The zero-order valence-corrected chi connectivity index (χ0v) is 13.2. The third kappa shape index (κ3) is 4.76. The van der Waals surface area contributed by atoms with Gasteiger partial charge in [0, 0.05) is 17.1 Å². The molecule has 1 aromatic rings. The largest absolute Gasteiger partial charge is 0.390 e. The van der Waals surface area contributed by atoms with Gasteiger partial charge in [0.1, 0.15) is 12.5 Å². The fraction of sp³-hybridized carbons (Fsp3) is 0.462. The number of carbonyl (C=O) groups excluding carboxylic acids is 1. The fourth-order valence-electron chi connectivity index (χ4n) is 2.24. The number of carbonyl (C=O) groups is 1. The maximum Gasteiger partial charge on any atom is 0.293 e. The summed E-state index contributed by atoms with van der Waals surface area (Å²) in [5.41, 5.74) is 0.460. The third-order valence-corrected chi connectivity index (χ3v) is 3.78. The summed E-state index contributed by atoms with van der Waals surface area (Å²) in [7, 11) is 1.95. The van der Waals surface area contributed by atoms with Crippen molar-refractivity contribution < 1.29 is 14.8 Å². The van der Waals surface area contributed by atoms with Crippen LogP contribution in [-0.2, 0) is 4.79 Å². The van der Waals surface area contributed by atoms with Gasteiger partial charge in [-0.15, -0.1) is 0 Å². The quantitative estimate of drug-likeness (QED) is 0.629. The zero-order chi connectivity index (χ0) is 16.0. The summed E-state index contributed by atoms with van der Waals surface area (Å²) in [6, 6.07) is 4.71. The lowest BCUT2D eigenvalue weighted by Crippen LogP contribution is -2.48. The first kappa shape index (κ1) is 17.5. The summed E-state index contributed by atoms with van der Waals surface area (Å²) in [6.45, 7) is 3.43. The van der Waals surface area contributed by atoms with Crippen LogP contribution in [0.2, 0.25) is 0 Å². The first-order valence-electron chi connectivity index (χ1n) is 6.33. The van der Waals surface area contributed by atoms with Crippen LogP contribution in [0.15, 0.2) is 22.7 Å². The third-order valence-electron chi connectivity index (χ3n) is 3.28. The molecule has 8 heteroatoms. The molecule has 21 heavy (non-hydrogen) atoms. The molecule has 0 aliphatic carbocycles. The molecule has 1 aliphatic heterocycles. The Morgan fingerprint density at radius 3 is 2.76 bits per heavy atom. The highest BCUT2D eigenvalue weighted by atomic mass is 79.9. The van der Waals surface area contributed by atoms with Crippen LogP contribution in [0.4, 0.5) is 11.4 Å². The number of nitro benzene ring substituents is 1. The SMILES string of the molecule is C=O.CN1CC[C@H](Nc2ccc(Br)cc2[N+](=O)[O-])[C@@H](O)C1. The van der Waals surface area contributed by atoms with Gasteiger partial charge >= 0.3 is 0 Å². The summed E-state index contributed by atoms with van der Waals surface area (Å²) in [5.74, 6) is 0. The number of piperidine rings is 1. The Morgan fingerprint density at radius 2 is 2.19 bits per heavy atom. The number of β-amino-alcohol motifs (C(OH)–C–C–N with tert-alkyl or cyclic N) is 1. The van der Waals surface area contributed by atoms with Gasteiger partial charge in [0.2, 0.25) is 0 Å². The fourth-order valence-corrected chi connectivity index (χ4v) is 2.58. The van der Waals surface area contributed by atoms with E-state index in [1.807, 2.05) is 18.7 Å². The molecular weight excluding hydrogens is 342 g/mol. The standard InChI is InChI=1S/C12H16BrN3O3.CH2O/c1-15-5-4-10(12(17)7-15)14-9-3-2-8(13)6-11(9)16(18)19;1-2/h2-3,6,10,12,14,17H,4-5,7H2,1H3;1H2/t10-,12-;/m0./s1. The highest BCUT2D eigenvalue weighted by molar-refractivity contribution is 9.10. The van der Waals surface area contributed by atoms with Gasteiger partial charge in [-0.25, -0.2) is 0 Å². The van der Waals surface area contributed by atoms with Crippen LogP contribution in [-0.4, -0.2) is 54.0 Å². The van der Waals surface area contributed by atoms with E-state index in [2.05, 4.69) is 21.2 Å². The minimum absolute atomic E-state index is 0.0144. The number of hydrogen-bond acceptors (Lipinski definition) is 6. The second-order valence-electron chi connectivity index (χ2n) is 4.79. The van der Waals surface area contributed by atoms with E-state index >= 15 is 0 Å². The average molecular weight is 360 g/mol. The van der Waals surface area contributed by atoms with E-state index in [1.54, 1.807) is 12.1 Å². The van der Waals surface area contributed by atoms with Gasteiger partial charge < -0.3 is 20.1 Å². The van der Waals surface area contributed by atoms with Gasteiger partial charge in [-0.2, -0.15) is 0 Å². The molecular formula is C13H18BrN3O4. The number of hydrogen-bond donors (Lipinski definition) is 2. The molecule has 0 saturated carbocycles. The molecule has 2 rings (SSSR count). The molecule has 116 valence electrons. The molecule has 1 heterocycles. The Kier molecular flexibility index (Phi) is 6.73. The van der Waals surface area contributed by atoms with Gasteiger partial charge in [-0.05, 0) is 32.1 Å². The normalized spacial score (nSPS) is 22.0. The Balaban J connectivity index is 0.00000106. The lowest BCUT2D eigenvalue weighted by molar-refractivity contribution is -0.384. The number of likely N-dealkylation sites (tertiary alicyclic amines) is 1. The first-order chi connectivity index (χ1) is 9.97. The predicted octanol–water partition coefficient (Wildman–Crippen LogP) is 1.65. The smallest absolute Gasteiger partial charge is 0.293 e. The van der Waals surface area contributed by atoms with Crippen molar-refractivity contribution in [2.24, 2.45) is 0 Å². The minimum atomic E-state index is -0.526. The summed E-state index contributed by atoms with van der Waals surface area (Å²) in [4.78, 5) is 20.6. The molecule has 1 aliphatic rings. The van der Waals surface area contributed by atoms with Crippen LogP contribution in [0.5, 0.6) is 0 Å². The number of benzene rings is 1. The van der Waals surface area contributed by atoms with E-state index in [0.717, 1.165) is 13.0 Å². The van der Waals surface area contributed by atoms with E-state index < -0.39 is 11.0 Å². The number of aliphatic hydroxyl groups is 1. The van der Waals surface area contributed by atoms with Gasteiger partial charge in [0.15, 0.2) is 0 Å². The van der Waals surface area contributed by atoms with Crippen molar-refractivity contribution in [2.45, 2.75) is 18.6 Å². The number of rotatable bonds is 3. The average Bonchev–Trinajstić information content (AvgIpc) is 2.45. The maximum absolute atomic E-state index is 11.0. The summed E-state index contributed by atoms with van der Waals surface area (Å²) < 4.78 is 0.661. The van der Waals surface area contributed by atoms with Crippen molar-refractivity contribution in [1.82, 2.24) is 4.90 Å². The molecule has 0 unspecified atom stereocenters. The lowest BCUT2D eigenvalue weighted by atomic mass is 10.0. The first-order valence-corrected chi connectivity index (χ1v) is 7.12. The topological polar surface area (TPSA) is 95.7 Å². The van der Waals surface area contributed by atoms with Gasteiger partial charge in [-0.1, -0.05) is 15.9 Å². The van der Waals surface area contributed by atoms with Crippen LogP contribution < -0.4 is 5.32 Å². The number of nitro groups is 1. The highest BCUT2D eigenvalue weighted by Gasteiger charge is 2.27. The lowest BCUT2D eigenvalue weighted by Gasteiger charge is -2.34. The Morgan fingerprint density at radius 1 is 1.52 bits per heavy atom. The molecule has 0 bridgehead atoms. The Hall–Kier alpha value is -1.51. The molecule has 7 nitrogen and oxygen atoms in total. The van der Waals surface area contributed by atoms with Crippen LogP contribution in [0.25, 0.3) is 0 Å². The summed E-state index contributed by atoms with van der Waals surface area (Å²) in [6.07, 6.45) is 0.229. The minimum Gasteiger partial charge on any atom is -0.390 e. The van der Waals surface area contributed by atoms with E-state index in [0.29, 0.717) is 16.7 Å². The zero-order valence-electron chi connectivity index (χ0n) is 11.7. The summed E-state index contributed by atoms with van der Waals surface area (Å²) >= 11 is 3.22. The van der Waals surface area contributed by atoms with E-state index in [4.69, 9.17) is 4.79 Å². The van der Waals surface area contributed by atoms with Crippen molar-refractivity contribution in [3.63, 3.8) is 0 Å². The molecule has 0 radical (unpaired) electrons. The van der Waals surface area contributed by atoms with Crippen molar-refractivity contribution >= 4 is 34.1 Å². The molecule has 1 aromatic carbocycles. The molecule has 2 N–H and O–H groups in total. The molecule has 0 spiro atoms. The van der Waals surface area contributed by atoms with Gasteiger partial charge in [0.25, 0.3) is 5.69 Å². The van der Waals surface area contributed by atoms with Crippen LogP contribution >= 0.6 is 15.9 Å². The molecule has 1 saturated heterocycles. The maximum atomic E-state index is 11.0. The van der Waals surface area contributed by atoms with E-state index in [9.17, 15) is 15.2 Å². The van der Waals surface area contributed by atoms with Crippen molar-refractivity contribution in [1.29, 1.82) is 0 Å². The number of nitrogens with one attached hydrogen (secondary N) is 1. The van der Waals surface area contributed by atoms with E-state index in [1.165, 1.54) is 6.07 Å². The van der Waals surface area contributed by atoms with Crippen molar-refractivity contribution in [3.05, 3.63) is 32.8 Å². The van der Waals surface area contributed by atoms with Crippen molar-refractivity contribution in [3.8, 4) is 0 Å². The monoisotopic (exact) mass is 359 g/mol. The second kappa shape index (κ2) is 8.06. The number of anilines is 1. The van der Waals surface area contributed by atoms with Crippen LogP contribution in [0, 0.1) is 10.1 Å². The number of likely N-dealkylation sites (N-methyl/N-ethyl adjacent to an activating group) is 1. The predicted molar refractivity (Wildman–Crippen MR) is 83.4 cm³/mol. The highest BCUT2D eigenvalue weighted by Crippen LogP contribution is 2.29. The van der Waals surface area contributed by atoms with Gasteiger partial charge in [-0.3, -0.25) is 10.1 Å². The molecule has 0 amide bonds. The van der Waals surface area contributed by atoms with E-state index in [-0.39, 0.29) is 11.7 Å². The molecule has 0 aromatic heterocycles. The number of nitrogens with zero attached hydrogens (tertiary/aromatic N) is 2. The number of aliphatic hydroxyl groups excluding tert-OH is 1. The number of halogens is 1. The van der Waals surface area contributed by atoms with Crippen LogP contribution in [0.1, 0.15) is 6.42 Å². The Labute approximate surface area is 131 Å². The van der Waals surface area contributed by atoms with Crippen LogP contribution in [0.3, 0.4) is 0 Å². The van der Waals surface area contributed by atoms with Gasteiger partial charge in [0.05, 0.1) is 17.1 Å².